The van der Waals surface area contributed by atoms with Gasteiger partial charge in [0, 0.05) is 17.5 Å². The third kappa shape index (κ3) is 2.32. The number of hydrogen-bond donors (Lipinski definition) is 1. The molecule has 0 spiro atoms. The van der Waals surface area contributed by atoms with Crippen molar-refractivity contribution in [3.8, 4) is 0 Å². The Balaban J connectivity index is 2.80. The molecule has 0 aliphatic carbocycles. The van der Waals surface area contributed by atoms with Crippen LogP contribution in [-0.4, -0.2) is 16.1 Å². The Morgan fingerprint density at radius 3 is 2.71 bits per heavy atom. The monoisotopic (exact) mass is 213 g/mol. The zero-order valence-electron chi connectivity index (χ0n) is 8.70. The Hall–Kier alpha value is -0.900. The lowest BCUT2D eigenvalue weighted by atomic mass is 9.84. The van der Waals surface area contributed by atoms with Crippen LogP contribution >= 0.6 is 11.3 Å². The van der Waals surface area contributed by atoms with Crippen molar-refractivity contribution in [1.82, 2.24) is 4.98 Å². The Labute approximate surface area is 87.8 Å². The van der Waals surface area contributed by atoms with Crippen molar-refractivity contribution in [1.29, 1.82) is 0 Å². The van der Waals surface area contributed by atoms with Gasteiger partial charge in [0.25, 0.3) is 0 Å². The Morgan fingerprint density at radius 1 is 1.71 bits per heavy atom. The van der Waals surface area contributed by atoms with Crippen LogP contribution in [0.2, 0.25) is 0 Å². The smallest absolute Gasteiger partial charge is 0.309 e. The predicted molar refractivity (Wildman–Crippen MR) is 56.6 cm³/mol. The van der Waals surface area contributed by atoms with Crippen LogP contribution in [0, 0.1) is 12.3 Å². The number of carbonyl (C=O) groups is 1. The van der Waals surface area contributed by atoms with Gasteiger partial charge >= 0.3 is 5.97 Å². The van der Waals surface area contributed by atoms with Gasteiger partial charge < -0.3 is 5.11 Å². The number of hydrogen-bond acceptors (Lipinski definition) is 3. The molecule has 0 radical (unpaired) electrons. The molecule has 1 atom stereocenters. The Morgan fingerprint density at radius 2 is 2.36 bits per heavy atom. The Bertz CT molecular complexity index is 335. The van der Waals surface area contributed by atoms with Crippen molar-refractivity contribution >= 4 is 17.3 Å². The molecule has 78 valence electrons. The maximum atomic E-state index is 11.0. The second-order valence-corrected chi connectivity index (χ2v) is 4.72. The fraction of sp³-hybridized carbons (Fsp3) is 0.600. The highest BCUT2D eigenvalue weighted by Gasteiger charge is 2.32. The third-order valence-electron chi connectivity index (χ3n) is 2.50. The number of aryl methyl sites for hydroxylation is 1. The van der Waals surface area contributed by atoms with Crippen LogP contribution in [0.4, 0.5) is 0 Å². The molecular formula is C10H15NO2S. The van der Waals surface area contributed by atoms with E-state index in [1.165, 1.54) is 11.3 Å². The van der Waals surface area contributed by atoms with E-state index in [1.807, 2.05) is 19.2 Å². The number of carboxylic acid groups (broad SMARTS) is 1. The lowest BCUT2D eigenvalue weighted by Gasteiger charge is -2.21. The summed E-state index contributed by atoms with van der Waals surface area (Å²) in [4.78, 5) is 15.3. The first kappa shape index (κ1) is 11.2. The van der Waals surface area contributed by atoms with Crippen LogP contribution in [0.25, 0.3) is 0 Å². The quantitative estimate of drug-likeness (QED) is 0.836. The van der Waals surface area contributed by atoms with Crippen molar-refractivity contribution in [3.05, 3.63) is 16.1 Å². The van der Waals surface area contributed by atoms with Crippen molar-refractivity contribution < 1.29 is 9.90 Å². The molecule has 0 saturated heterocycles. The summed E-state index contributed by atoms with van der Waals surface area (Å²) in [5.74, 6) is -0.743. The first-order valence-corrected chi connectivity index (χ1v) is 5.50. The average molecular weight is 213 g/mol. The zero-order valence-corrected chi connectivity index (χ0v) is 9.52. The topological polar surface area (TPSA) is 50.2 Å². The van der Waals surface area contributed by atoms with E-state index in [-0.39, 0.29) is 0 Å². The van der Waals surface area contributed by atoms with Crippen LogP contribution in [0.3, 0.4) is 0 Å². The van der Waals surface area contributed by atoms with Gasteiger partial charge in [0.2, 0.25) is 0 Å². The zero-order chi connectivity index (χ0) is 10.8. The highest BCUT2D eigenvalue weighted by atomic mass is 32.1. The van der Waals surface area contributed by atoms with Gasteiger partial charge in [-0.15, -0.1) is 11.3 Å². The fourth-order valence-corrected chi connectivity index (χ4v) is 2.13. The summed E-state index contributed by atoms with van der Waals surface area (Å²) in [5, 5.41) is 11.9. The van der Waals surface area contributed by atoms with Crippen molar-refractivity contribution in [2.24, 2.45) is 5.41 Å². The van der Waals surface area contributed by atoms with Gasteiger partial charge in [0.1, 0.15) is 0 Å². The van der Waals surface area contributed by atoms with Crippen molar-refractivity contribution in [2.75, 3.05) is 0 Å². The second-order valence-electron chi connectivity index (χ2n) is 3.78. The number of carboxylic acids is 1. The molecule has 0 aliphatic heterocycles. The summed E-state index contributed by atoms with van der Waals surface area (Å²) in [6.45, 7) is 5.59. The minimum atomic E-state index is -0.743. The number of nitrogens with zero attached hydrogens (tertiary/aromatic N) is 1. The maximum Gasteiger partial charge on any atom is 0.309 e. The van der Waals surface area contributed by atoms with Gasteiger partial charge in [0.05, 0.1) is 10.4 Å². The van der Waals surface area contributed by atoms with E-state index in [0.717, 1.165) is 10.7 Å². The normalized spacial score (nSPS) is 15.1. The summed E-state index contributed by atoms with van der Waals surface area (Å²) in [6, 6.07) is 0. The van der Waals surface area contributed by atoms with Gasteiger partial charge in [-0.05, 0) is 20.3 Å². The van der Waals surface area contributed by atoms with Crippen molar-refractivity contribution in [2.45, 2.75) is 33.6 Å². The van der Waals surface area contributed by atoms with Gasteiger partial charge in [-0.3, -0.25) is 4.79 Å². The largest absolute Gasteiger partial charge is 0.481 e. The van der Waals surface area contributed by atoms with E-state index >= 15 is 0 Å². The predicted octanol–water partition coefficient (Wildman–Crippen LogP) is 2.49. The summed E-state index contributed by atoms with van der Waals surface area (Å²) in [6.07, 6.45) is 1.15. The van der Waals surface area contributed by atoms with Crippen LogP contribution in [-0.2, 0) is 11.2 Å². The standard InChI is InChI=1S/C10H15NO2S/c1-4-10(3,9(12)13)5-8-11-7(2)6-14-8/h6H,4-5H2,1-3H3,(H,12,13). The molecule has 4 heteroatoms. The first-order valence-electron chi connectivity index (χ1n) is 4.62. The van der Waals surface area contributed by atoms with E-state index in [4.69, 9.17) is 5.11 Å². The van der Waals surface area contributed by atoms with E-state index in [1.54, 1.807) is 6.92 Å². The molecule has 0 saturated carbocycles. The van der Waals surface area contributed by atoms with E-state index < -0.39 is 11.4 Å². The summed E-state index contributed by atoms with van der Waals surface area (Å²) >= 11 is 1.53. The molecule has 1 aromatic rings. The van der Waals surface area contributed by atoms with Gasteiger partial charge in [-0.25, -0.2) is 4.98 Å². The summed E-state index contributed by atoms with van der Waals surface area (Å²) in [5.41, 5.74) is 0.290. The molecule has 14 heavy (non-hydrogen) atoms. The van der Waals surface area contributed by atoms with E-state index in [2.05, 4.69) is 4.98 Å². The van der Waals surface area contributed by atoms with Gasteiger partial charge in [0.15, 0.2) is 0 Å². The van der Waals surface area contributed by atoms with Crippen molar-refractivity contribution in [3.63, 3.8) is 0 Å². The molecule has 1 N–H and O–H groups in total. The molecule has 3 nitrogen and oxygen atoms in total. The molecule has 0 bridgehead atoms. The second kappa shape index (κ2) is 4.09. The lowest BCUT2D eigenvalue weighted by Crippen LogP contribution is -2.29. The van der Waals surface area contributed by atoms with Gasteiger partial charge in [-0.1, -0.05) is 6.92 Å². The SMILES string of the molecule is CCC(C)(Cc1nc(C)cs1)C(=O)O. The lowest BCUT2D eigenvalue weighted by molar-refractivity contribution is -0.148. The molecule has 1 heterocycles. The summed E-state index contributed by atoms with van der Waals surface area (Å²) < 4.78 is 0. The maximum absolute atomic E-state index is 11.0. The number of aromatic nitrogens is 1. The minimum Gasteiger partial charge on any atom is -0.481 e. The highest BCUT2D eigenvalue weighted by Crippen LogP contribution is 2.28. The van der Waals surface area contributed by atoms with Crippen LogP contribution < -0.4 is 0 Å². The molecule has 0 fully saturated rings. The van der Waals surface area contributed by atoms with E-state index in [0.29, 0.717) is 12.8 Å². The Kier molecular flexibility index (Phi) is 3.26. The van der Waals surface area contributed by atoms with Crippen LogP contribution in [0.5, 0.6) is 0 Å². The minimum absolute atomic E-state index is 0.525. The molecule has 1 unspecified atom stereocenters. The molecular weight excluding hydrogens is 198 g/mol. The molecule has 0 amide bonds. The summed E-state index contributed by atoms with van der Waals surface area (Å²) in [7, 11) is 0. The third-order valence-corrected chi connectivity index (χ3v) is 3.47. The van der Waals surface area contributed by atoms with Crippen LogP contribution in [0.1, 0.15) is 31.0 Å². The molecule has 0 aromatic carbocycles. The molecule has 1 rings (SSSR count). The average Bonchev–Trinajstić information content (AvgIpc) is 2.50. The fourth-order valence-electron chi connectivity index (χ4n) is 1.17. The first-order chi connectivity index (χ1) is 6.48. The highest BCUT2D eigenvalue weighted by molar-refractivity contribution is 7.09. The van der Waals surface area contributed by atoms with Gasteiger partial charge in [-0.2, -0.15) is 0 Å². The number of thiazole rings is 1. The number of rotatable bonds is 4. The van der Waals surface area contributed by atoms with E-state index in [9.17, 15) is 4.79 Å². The molecule has 0 aliphatic rings. The molecule has 1 aromatic heterocycles. The van der Waals surface area contributed by atoms with Crippen LogP contribution in [0.15, 0.2) is 5.38 Å². The number of aliphatic carboxylic acids is 1.